The van der Waals surface area contributed by atoms with Crippen LogP contribution in [-0.4, -0.2) is 60.0 Å². The molecular formula is C18H22F6N4O6S2. The van der Waals surface area contributed by atoms with Gasteiger partial charge in [0, 0.05) is 26.2 Å². The van der Waals surface area contributed by atoms with E-state index in [1.807, 2.05) is 24.5 Å². The van der Waals surface area contributed by atoms with Crippen LogP contribution in [0.1, 0.15) is 25.2 Å². The monoisotopic (exact) mass is 568 g/mol. The number of nitrogens with two attached hydrogens (primary N) is 2. The van der Waals surface area contributed by atoms with Crippen molar-refractivity contribution in [1.29, 1.82) is 0 Å². The van der Waals surface area contributed by atoms with Crippen LogP contribution < -0.4 is 10.6 Å². The van der Waals surface area contributed by atoms with E-state index in [1.54, 1.807) is 0 Å². The van der Waals surface area contributed by atoms with Crippen molar-refractivity contribution in [3.05, 3.63) is 60.2 Å². The van der Waals surface area contributed by atoms with E-state index in [4.69, 9.17) is 25.9 Å². The molecule has 0 bridgehead atoms. The Labute approximate surface area is 202 Å². The van der Waals surface area contributed by atoms with Gasteiger partial charge >= 0.3 is 11.0 Å². The van der Waals surface area contributed by atoms with Crippen LogP contribution in [0.2, 0.25) is 0 Å². The normalized spacial score (nSPS) is 22.9. The Bertz CT molecular complexity index is 1100. The van der Waals surface area contributed by atoms with E-state index < -0.39 is 31.3 Å². The van der Waals surface area contributed by atoms with Gasteiger partial charge in [0.2, 0.25) is 0 Å². The number of alkyl halides is 6. The summed E-state index contributed by atoms with van der Waals surface area (Å²) in [5.41, 5.74) is -9.31. The summed E-state index contributed by atoms with van der Waals surface area (Å²) in [6, 6.07) is 12.3. The second kappa shape index (κ2) is 11.3. The second-order valence-electron chi connectivity index (χ2n) is 7.62. The van der Waals surface area contributed by atoms with Gasteiger partial charge in [-0.15, -0.1) is 0 Å². The molecule has 1 fully saturated rings. The van der Waals surface area contributed by atoms with E-state index in [-0.39, 0.29) is 11.1 Å². The fraction of sp³-hybridized carbons (Fsp3) is 0.444. The molecule has 204 valence electrons. The summed E-state index contributed by atoms with van der Waals surface area (Å²) in [5.74, 6) is 0. The molecule has 3 heterocycles. The van der Waals surface area contributed by atoms with Crippen LogP contribution >= 0.6 is 0 Å². The number of piperazine rings is 1. The highest BCUT2D eigenvalue weighted by Crippen LogP contribution is 2.32. The number of nitrogens with zero attached hydrogens (tertiary/aromatic N) is 2. The first kappa shape index (κ1) is 31.6. The topological polar surface area (TPSA) is 173 Å². The predicted octanol–water partition coefficient (Wildman–Crippen LogP) is -0.150. The zero-order chi connectivity index (χ0) is 28.1. The lowest BCUT2D eigenvalue weighted by Crippen LogP contribution is -3.17. The van der Waals surface area contributed by atoms with E-state index in [1.165, 1.54) is 0 Å². The minimum atomic E-state index is -6.09. The maximum atomic E-state index is 10.7. The Balaban J connectivity index is 0.000000337. The third kappa shape index (κ3) is 7.81. The standard InChI is InChI=1S/C16H20N4.2CHF3O3S/c1-15(13-7-3-5-9-17-13)16(2,20-12-11-19-15)14-8-4-6-10-18-14;2*2-1(3,4)8(5,6)7/h3-10,19-20H,11-12H2,1-2H3;2*(H,5,6,7)/t15-,16+;;. The van der Waals surface area contributed by atoms with Crippen molar-refractivity contribution >= 4 is 20.2 Å². The molecule has 2 aromatic heterocycles. The summed E-state index contributed by atoms with van der Waals surface area (Å²) in [6.07, 6.45) is 3.75. The number of pyridine rings is 2. The molecule has 0 saturated carbocycles. The fourth-order valence-electron chi connectivity index (χ4n) is 3.25. The van der Waals surface area contributed by atoms with Crippen molar-refractivity contribution in [3.63, 3.8) is 0 Å². The Morgan fingerprint density at radius 2 is 1.00 bits per heavy atom. The number of quaternary nitrogens is 2. The third-order valence-corrected chi connectivity index (χ3v) is 6.45. The number of aromatic nitrogens is 2. The average Bonchev–Trinajstić information content (AvgIpc) is 2.75. The van der Waals surface area contributed by atoms with Crippen molar-refractivity contribution in [1.82, 2.24) is 9.97 Å². The van der Waals surface area contributed by atoms with Gasteiger partial charge in [0.05, 0.1) is 0 Å². The highest BCUT2D eigenvalue weighted by molar-refractivity contribution is 7.86. The van der Waals surface area contributed by atoms with Gasteiger partial charge < -0.3 is 19.7 Å². The lowest BCUT2D eigenvalue weighted by molar-refractivity contribution is -0.895. The summed E-state index contributed by atoms with van der Waals surface area (Å²) < 4.78 is 118. The molecule has 4 N–H and O–H groups in total. The van der Waals surface area contributed by atoms with E-state index in [2.05, 4.69) is 58.7 Å². The molecule has 0 aromatic carbocycles. The molecule has 1 aliphatic heterocycles. The quantitative estimate of drug-likeness (QED) is 0.286. The molecule has 0 spiro atoms. The summed E-state index contributed by atoms with van der Waals surface area (Å²) in [4.78, 5) is 9.23. The van der Waals surface area contributed by atoms with E-state index in [0.29, 0.717) is 0 Å². The van der Waals surface area contributed by atoms with Crippen LogP contribution in [0.15, 0.2) is 48.8 Å². The largest absolute Gasteiger partial charge is 0.741 e. The molecule has 0 aliphatic carbocycles. The zero-order valence-corrected chi connectivity index (χ0v) is 20.2. The summed E-state index contributed by atoms with van der Waals surface area (Å²) in [6.45, 7) is 6.74. The minimum absolute atomic E-state index is 0.124. The minimum Gasteiger partial charge on any atom is -0.741 e. The van der Waals surface area contributed by atoms with Crippen molar-refractivity contribution in [2.24, 2.45) is 0 Å². The zero-order valence-electron chi connectivity index (χ0n) is 18.6. The van der Waals surface area contributed by atoms with Gasteiger partial charge in [-0.05, 0) is 24.3 Å². The summed E-state index contributed by atoms with van der Waals surface area (Å²) in [7, 11) is -12.2. The van der Waals surface area contributed by atoms with Gasteiger partial charge in [0.15, 0.2) is 31.3 Å². The third-order valence-electron chi connectivity index (χ3n) is 5.31. The number of halogens is 6. The van der Waals surface area contributed by atoms with Crippen LogP contribution in [0.4, 0.5) is 26.3 Å². The molecule has 1 aliphatic rings. The van der Waals surface area contributed by atoms with Crippen LogP contribution in [0.5, 0.6) is 0 Å². The number of hydrogen-bond acceptors (Lipinski definition) is 8. The van der Waals surface area contributed by atoms with Gasteiger partial charge in [-0.1, -0.05) is 12.1 Å². The SMILES string of the molecule is C[C@@]1(c2ccccn2)[NH2+]CC[NH2+][C@]1(C)c1ccccn1.O=S(=O)([O-])C(F)(F)F.O=S(=O)([O-])C(F)(F)F. The average molecular weight is 569 g/mol. The molecule has 3 rings (SSSR count). The maximum Gasteiger partial charge on any atom is 0.485 e. The molecule has 2 aromatic rings. The van der Waals surface area contributed by atoms with Gasteiger partial charge in [0.1, 0.15) is 24.5 Å². The molecular weight excluding hydrogens is 546 g/mol. The lowest BCUT2D eigenvalue weighted by Gasteiger charge is -2.43. The first-order valence-corrected chi connectivity index (χ1v) is 12.5. The molecule has 0 radical (unpaired) electrons. The Hall–Kier alpha value is -2.38. The molecule has 0 unspecified atom stereocenters. The summed E-state index contributed by atoms with van der Waals surface area (Å²) in [5, 5.41) is 4.81. The molecule has 0 amide bonds. The van der Waals surface area contributed by atoms with Crippen LogP contribution in [0.3, 0.4) is 0 Å². The van der Waals surface area contributed by atoms with Crippen molar-refractivity contribution in [3.8, 4) is 0 Å². The van der Waals surface area contributed by atoms with Crippen molar-refractivity contribution in [2.75, 3.05) is 13.1 Å². The van der Waals surface area contributed by atoms with Crippen LogP contribution in [0, 0.1) is 0 Å². The van der Waals surface area contributed by atoms with E-state index in [9.17, 15) is 26.3 Å². The molecule has 1 saturated heterocycles. The predicted molar refractivity (Wildman–Crippen MR) is 108 cm³/mol. The highest BCUT2D eigenvalue weighted by Gasteiger charge is 2.58. The highest BCUT2D eigenvalue weighted by atomic mass is 32.2. The van der Waals surface area contributed by atoms with E-state index in [0.717, 1.165) is 24.5 Å². The fourth-order valence-corrected chi connectivity index (χ4v) is 3.25. The van der Waals surface area contributed by atoms with Gasteiger partial charge in [0.25, 0.3) is 0 Å². The van der Waals surface area contributed by atoms with Crippen molar-refractivity contribution in [2.45, 2.75) is 35.9 Å². The Kier molecular flexibility index (Phi) is 9.97. The van der Waals surface area contributed by atoms with Gasteiger partial charge in [-0.3, -0.25) is 9.97 Å². The number of hydrogen-bond donors (Lipinski definition) is 2. The molecule has 2 atom stereocenters. The molecule has 18 heteroatoms. The molecule has 36 heavy (non-hydrogen) atoms. The van der Waals surface area contributed by atoms with Gasteiger partial charge in [-0.25, -0.2) is 16.8 Å². The molecule has 10 nitrogen and oxygen atoms in total. The van der Waals surface area contributed by atoms with E-state index >= 15 is 0 Å². The second-order valence-corrected chi connectivity index (χ2v) is 10.4. The first-order valence-electron chi connectivity index (χ1n) is 9.73. The summed E-state index contributed by atoms with van der Waals surface area (Å²) >= 11 is 0. The van der Waals surface area contributed by atoms with Crippen molar-refractivity contribution < 1.29 is 62.9 Å². The lowest BCUT2D eigenvalue weighted by atomic mass is 9.72. The Morgan fingerprint density at radius 1 is 0.722 bits per heavy atom. The maximum absolute atomic E-state index is 10.7. The first-order chi connectivity index (χ1) is 16.2. The Morgan fingerprint density at radius 3 is 1.19 bits per heavy atom. The number of rotatable bonds is 2. The van der Waals surface area contributed by atoms with Gasteiger partial charge in [-0.2, -0.15) is 26.3 Å². The van der Waals surface area contributed by atoms with Crippen LogP contribution in [-0.2, 0) is 31.3 Å². The smallest absolute Gasteiger partial charge is 0.485 e. The van der Waals surface area contributed by atoms with Crippen LogP contribution in [0.25, 0.3) is 0 Å².